The highest BCUT2D eigenvalue weighted by Gasteiger charge is 2.30. The second kappa shape index (κ2) is 6.07. The Hall–Kier alpha value is -2.55. The molecular weight excluding hydrogens is 396 g/mol. The third-order valence-electron chi connectivity index (χ3n) is 3.90. The molecule has 2 aromatic heterocycles. The van der Waals surface area contributed by atoms with Gasteiger partial charge in [-0.2, -0.15) is 0 Å². The van der Waals surface area contributed by atoms with Crippen LogP contribution in [0.5, 0.6) is 0 Å². The Labute approximate surface area is 149 Å². The first-order valence-electron chi connectivity index (χ1n) is 7.50. The van der Waals surface area contributed by atoms with Crippen molar-refractivity contribution in [2.45, 2.75) is 6.17 Å². The Balaban J connectivity index is 1.63. The van der Waals surface area contributed by atoms with Crippen LogP contribution >= 0.6 is 15.9 Å². The molecule has 3 aromatic rings. The van der Waals surface area contributed by atoms with Gasteiger partial charge in [-0.1, -0.05) is 0 Å². The van der Waals surface area contributed by atoms with Crippen LogP contribution in [0, 0.1) is 5.82 Å². The summed E-state index contributed by atoms with van der Waals surface area (Å²) in [5.41, 5.74) is 1.05. The summed E-state index contributed by atoms with van der Waals surface area (Å²) in [6.45, 7) is 0.153. The van der Waals surface area contributed by atoms with Crippen molar-refractivity contribution in [3.05, 3.63) is 47.1 Å². The van der Waals surface area contributed by atoms with E-state index in [1.54, 1.807) is 23.0 Å². The number of halogens is 3. The molecular formula is C16H12BrF2N5O. The number of aromatic nitrogens is 3. The van der Waals surface area contributed by atoms with E-state index in [0.717, 1.165) is 4.47 Å². The molecule has 0 unspecified atom stereocenters. The highest BCUT2D eigenvalue weighted by molar-refractivity contribution is 9.10. The third-order valence-corrected chi connectivity index (χ3v) is 4.31. The van der Waals surface area contributed by atoms with E-state index >= 15 is 0 Å². The average Bonchev–Trinajstić information content (AvgIpc) is 2.96. The minimum Gasteiger partial charge on any atom is -0.319 e. The number of likely N-dealkylation sites (tertiary alicyclic amines) is 1. The summed E-state index contributed by atoms with van der Waals surface area (Å²) in [5.74, 6) is -0.0325. The molecule has 1 fully saturated rings. The van der Waals surface area contributed by atoms with E-state index in [0.29, 0.717) is 17.2 Å². The molecule has 4 rings (SSSR count). The second-order valence-corrected chi connectivity index (χ2v) is 6.65. The number of urea groups is 1. The van der Waals surface area contributed by atoms with E-state index in [9.17, 15) is 13.6 Å². The lowest BCUT2D eigenvalue weighted by molar-refractivity contribution is 0.0974. The van der Waals surface area contributed by atoms with Gasteiger partial charge in [0.25, 0.3) is 0 Å². The zero-order valence-electron chi connectivity index (χ0n) is 12.8. The number of rotatable bonds is 2. The number of anilines is 1. The van der Waals surface area contributed by atoms with Crippen molar-refractivity contribution in [2.75, 3.05) is 18.4 Å². The number of carbonyl (C=O) groups excluding carboxylic acids is 1. The van der Waals surface area contributed by atoms with Crippen LogP contribution in [-0.2, 0) is 0 Å². The lowest BCUT2D eigenvalue weighted by Crippen LogP contribution is -2.53. The maximum Gasteiger partial charge on any atom is 0.322 e. The topological polar surface area (TPSA) is 62.5 Å². The number of benzene rings is 1. The van der Waals surface area contributed by atoms with Crippen LogP contribution in [0.1, 0.15) is 0 Å². The molecule has 1 aliphatic heterocycles. The van der Waals surface area contributed by atoms with Crippen LogP contribution in [0.3, 0.4) is 0 Å². The third kappa shape index (κ3) is 3.07. The van der Waals surface area contributed by atoms with Crippen molar-refractivity contribution in [3.63, 3.8) is 0 Å². The number of carbonyl (C=O) groups is 1. The van der Waals surface area contributed by atoms with Crippen molar-refractivity contribution in [2.24, 2.45) is 0 Å². The summed E-state index contributed by atoms with van der Waals surface area (Å²) in [5, 5.41) is 2.64. The fraction of sp³-hybridized carbons (Fsp3) is 0.188. The molecule has 0 spiro atoms. The number of amides is 2. The van der Waals surface area contributed by atoms with Crippen LogP contribution in [0.4, 0.5) is 19.3 Å². The van der Waals surface area contributed by atoms with Crippen molar-refractivity contribution in [1.29, 1.82) is 0 Å². The fourth-order valence-corrected chi connectivity index (χ4v) is 2.91. The molecule has 6 nitrogen and oxygen atoms in total. The van der Waals surface area contributed by atoms with Gasteiger partial charge in [-0.25, -0.2) is 23.5 Å². The van der Waals surface area contributed by atoms with Crippen molar-refractivity contribution in [1.82, 2.24) is 19.3 Å². The molecule has 0 radical (unpaired) electrons. The quantitative estimate of drug-likeness (QED) is 0.707. The summed E-state index contributed by atoms with van der Waals surface area (Å²) in [4.78, 5) is 21.8. The highest BCUT2D eigenvalue weighted by Crippen LogP contribution is 2.26. The standard InChI is InChI=1S/C16H12BrF2N5O/c17-9-4-20-15-22-14(8-23(15)5-9)12-3-11(1-2-13(12)19)21-16(25)24-6-10(18)7-24/h1-5,8,10H,6-7H2,(H,21,25). The number of nitrogens with zero attached hydrogens (tertiary/aromatic N) is 4. The van der Waals surface area contributed by atoms with E-state index in [1.807, 2.05) is 0 Å². The lowest BCUT2D eigenvalue weighted by Gasteiger charge is -2.34. The van der Waals surface area contributed by atoms with E-state index < -0.39 is 18.0 Å². The number of hydrogen-bond donors (Lipinski definition) is 1. The van der Waals surface area contributed by atoms with Crippen molar-refractivity contribution >= 4 is 33.4 Å². The van der Waals surface area contributed by atoms with Crippen LogP contribution in [0.2, 0.25) is 0 Å². The molecule has 0 bridgehead atoms. The molecule has 1 saturated heterocycles. The first-order valence-corrected chi connectivity index (χ1v) is 8.29. The van der Waals surface area contributed by atoms with Crippen LogP contribution in [0.15, 0.2) is 41.3 Å². The largest absolute Gasteiger partial charge is 0.322 e. The van der Waals surface area contributed by atoms with Gasteiger partial charge in [0.2, 0.25) is 5.78 Å². The van der Waals surface area contributed by atoms with Crippen LogP contribution < -0.4 is 5.32 Å². The maximum atomic E-state index is 14.2. The summed E-state index contributed by atoms with van der Waals surface area (Å²) in [6, 6.07) is 3.80. The Morgan fingerprint density at radius 2 is 2.12 bits per heavy atom. The van der Waals surface area contributed by atoms with Gasteiger partial charge in [0.05, 0.1) is 23.3 Å². The number of hydrogen-bond acceptors (Lipinski definition) is 3. The predicted octanol–water partition coefficient (Wildman–Crippen LogP) is 3.48. The SMILES string of the molecule is O=C(Nc1ccc(F)c(-c2cn3cc(Br)cnc3n2)c1)N1CC(F)C1. The van der Waals surface area contributed by atoms with E-state index in [1.165, 1.54) is 23.1 Å². The van der Waals surface area contributed by atoms with Gasteiger partial charge in [0, 0.05) is 29.8 Å². The van der Waals surface area contributed by atoms with Gasteiger partial charge in [0.1, 0.15) is 12.0 Å². The van der Waals surface area contributed by atoms with Gasteiger partial charge < -0.3 is 10.2 Å². The number of nitrogens with one attached hydrogen (secondary N) is 1. The molecule has 0 aliphatic carbocycles. The molecule has 2 amide bonds. The van der Waals surface area contributed by atoms with Crippen LogP contribution in [0.25, 0.3) is 17.0 Å². The summed E-state index contributed by atoms with van der Waals surface area (Å²) >= 11 is 3.32. The zero-order valence-corrected chi connectivity index (χ0v) is 14.4. The van der Waals surface area contributed by atoms with Gasteiger partial charge in [-0.15, -0.1) is 0 Å². The van der Waals surface area contributed by atoms with Crippen LogP contribution in [-0.4, -0.2) is 44.6 Å². The van der Waals surface area contributed by atoms with Crippen molar-refractivity contribution in [3.8, 4) is 11.3 Å². The molecule has 0 saturated carbocycles. The Kier molecular flexibility index (Phi) is 3.87. The van der Waals surface area contributed by atoms with E-state index in [-0.39, 0.29) is 18.7 Å². The molecule has 9 heteroatoms. The summed E-state index contributed by atoms with van der Waals surface area (Å²) < 4.78 is 29.5. The van der Waals surface area contributed by atoms with Gasteiger partial charge >= 0.3 is 6.03 Å². The predicted molar refractivity (Wildman–Crippen MR) is 91.6 cm³/mol. The monoisotopic (exact) mass is 407 g/mol. The van der Waals surface area contributed by atoms with Gasteiger partial charge in [-0.05, 0) is 34.1 Å². The minimum absolute atomic E-state index is 0.0763. The molecule has 1 aliphatic rings. The average molecular weight is 408 g/mol. The summed E-state index contributed by atoms with van der Waals surface area (Å²) in [7, 11) is 0. The molecule has 25 heavy (non-hydrogen) atoms. The number of fused-ring (bicyclic) bond motifs is 1. The smallest absolute Gasteiger partial charge is 0.319 e. The number of alkyl halides is 1. The first kappa shape index (κ1) is 15.9. The molecule has 3 heterocycles. The Morgan fingerprint density at radius 1 is 1.32 bits per heavy atom. The van der Waals surface area contributed by atoms with Gasteiger partial charge in [0.15, 0.2) is 0 Å². The first-order chi connectivity index (χ1) is 12.0. The molecule has 1 aromatic carbocycles. The maximum absolute atomic E-state index is 14.2. The summed E-state index contributed by atoms with van der Waals surface area (Å²) in [6.07, 6.45) is 4.05. The Morgan fingerprint density at radius 3 is 2.88 bits per heavy atom. The zero-order chi connectivity index (χ0) is 17.6. The van der Waals surface area contributed by atoms with E-state index in [2.05, 4.69) is 31.2 Å². The molecule has 1 N–H and O–H groups in total. The lowest BCUT2D eigenvalue weighted by atomic mass is 10.1. The van der Waals surface area contributed by atoms with Crippen molar-refractivity contribution < 1.29 is 13.6 Å². The minimum atomic E-state index is -0.973. The normalized spacial score (nSPS) is 14.6. The Bertz CT molecular complexity index is 970. The fourth-order valence-electron chi connectivity index (χ4n) is 2.58. The van der Waals surface area contributed by atoms with E-state index in [4.69, 9.17) is 0 Å². The van der Waals surface area contributed by atoms with Gasteiger partial charge in [-0.3, -0.25) is 4.40 Å². The molecule has 0 atom stereocenters. The second-order valence-electron chi connectivity index (χ2n) is 5.73. The highest BCUT2D eigenvalue weighted by atomic mass is 79.9. The number of imidazole rings is 1. The molecule has 128 valence electrons.